The second kappa shape index (κ2) is 5.46. The van der Waals surface area contributed by atoms with Crippen molar-refractivity contribution in [2.24, 2.45) is 11.7 Å². The average molecular weight is 222 g/mol. The third-order valence-electron chi connectivity index (χ3n) is 3.65. The van der Waals surface area contributed by atoms with Crippen molar-refractivity contribution in [2.75, 3.05) is 19.6 Å². The molecule has 2 atom stereocenters. The predicted molar refractivity (Wildman–Crippen MR) is 65.0 cm³/mol. The van der Waals surface area contributed by atoms with Gasteiger partial charge in [0.25, 0.3) is 0 Å². The molecule has 2 rings (SSSR count). The molecule has 0 saturated carbocycles. The Kier molecular flexibility index (Phi) is 3.96. The van der Waals surface area contributed by atoms with Crippen LogP contribution in [0.2, 0.25) is 0 Å². The molecule has 90 valence electrons. The average Bonchev–Trinajstić information content (AvgIpc) is 2.79. The Labute approximate surface area is 97.4 Å². The van der Waals surface area contributed by atoms with E-state index in [1.54, 1.807) is 0 Å². The van der Waals surface area contributed by atoms with E-state index in [4.69, 9.17) is 5.73 Å². The molecule has 0 aromatic carbocycles. The van der Waals surface area contributed by atoms with Gasteiger partial charge in [0.1, 0.15) is 0 Å². The van der Waals surface area contributed by atoms with Gasteiger partial charge in [-0.25, -0.2) is 0 Å². The van der Waals surface area contributed by atoms with Crippen molar-refractivity contribution in [1.82, 2.24) is 14.7 Å². The minimum absolute atomic E-state index is 0.560. The summed E-state index contributed by atoms with van der Waals surface area (Å²) in [6.07, 6.45) is 6.47. The summed E-state index contributed by atoms with van der Waals surface area (Å²) in [6, 6.07) is 2.53. The molecule has 1 aromatic heterocycles. The number of aromatic nitrogens is 2. The summed E-state index contributed by atoms with van der Waals surface area (Å²) in [4.78, 5) is 2.52. The Balaban J connectivity index is 1.87. The number of likely N-dealkylation sites (tertiary alicyclic amines) is 1. The number of hydrogen-bond acceptors (Lipinski definition) is 3. The lowest BCUT2D eigenvalue weighted by molar-refractivity contribution is 0.101. The molecule has 1 fully saturated rings. The third-order valence-corrected chi connectivity index (χ3v) is 3.65. The maximum Gasteiger partial charge on any atom is 0.0536 e. The molecule has 0 bridgehead atoms. The van der Waals surface area contributed by atoms with Crippen LogP contribution in [0.5, 0.6) is 0 Å². The Bertz CT molecular complexity index is 296. The molecule has 0 aliphatic carbocycles. The van der Waals surface area contributed by atoms with Crippen molar-refractivity contribution < 1.29 is 0 Å². The van der Waals surface area contributed by atoms with E-state index < -0.39 is 0 Å². The molecule has 16 heavy (non-hydrogen) atoms. The standard InChI is InChI=1S/C12H22N4/c1-11-4-2-6-15(12(11)10-13)8-9-16-7-3-5-14-16/h3,5,7,11-12H,2,4,6,8-10,13H2,1H3. The lowest BCUT2D eigenvalue weighted by Crippen LogP contribution is -2.49. The highest BCUT2D eigenvalue weighted by molar-refractivity contribution is 4.83. The first-order chi connectivity index (χ1) is 7.81. The number of rotatable bonds is 4. The molecular weight excluding hydrogens is 200 g/mol. The smallest absolute Gasteiger partial charge is 0.0536 e. The normalized spacial score (nSPS) is 27.1. The van der Waals surface area contributed by atoms with Crippen molar-refractivity contribution in [3.8, 4) is 0 Å². The van der Waals surface area contributed by atoms with E-state index >= 15 is 0 Å². The van der Waals surface area contributed by atoms with E-state index in [2.05, 4.69) is 16.9 Å². The van der Waals surface area contributed by atoms with Gasteiger partial charge in [-0.1, -0.05) is 6.92 Å². The van der Waals surface area contributed by atoms with Gasteiger partial charge in [-0.05, 0) is 31.4 Å². The quantitative estimate of drug-likeness (QED) is 0.825. The summed E-state index contributed by atoms with van der Waals surface area (Å²) in [7, 11) is 0. The van der Waals surface area contributed by atoms with E-state index in [9.17, 15) is 0 Å². The van der Waals surface area contributed by atoms with Crippen LogP contribution < -0.4 is 5.73 Å². The minimum Gasteiger partial charge on any atom is -0.329 e. The Morgan fingerprint density at radius 1 is 1.44 bits per heavy atom. The van der Waals surface area contributed by atoms with Crippen molar-refractivity contribution in [3.05, 3.63) is 18.5 Å². The number of hydrogen-bond donors (Lipinski definition) is 1. The Morgan fingerprint density at radius 3 is 3.00 bits per heavy atom. The zero-order chi connectivity index (χ0) is 11.4. The van der Waals surface area contributed by atoms with Crippen molar-refractivity contribution in [1.29, 1.82) is 0 Å². The molecule has 1 aliphatic rings. The summed E-state index contributed by atoms with van der Waals surface area (Å²) in [5.74, 6) is 0.733. The molecule has 1 aliphatic heterocycles. The summed E-state index contributed by atoms with van der Waals surface area (Å²) in [5.41, 5.74) is 5.87. The van der Waals surface area contributed by atoms with E-state index in [1.165, 1.54) is 19.4 Å². The first-order valence-electron chi connectivity index (χ1n) is 6.23. The summed E-state index contributed by atoms with van der Waals surface area (Å²) in [5, 5.41) is 4.23. The monoisotopic (exact) mass is 222 g/mol. The van der Waals surface area contributed by atoms with Crippen LogP contribution in [0, 0.1) is 5.92 Å². The molecule has 2 unspecified atom stereocenters. The molecule has 4 nitrogen and oxygen atoms in total. The molecule has 1 aromatic rings. The minimum atomic E-state index is 0.560. The van der Waals surface area contributed by atoms with Crippen molar-refractivity contribution >= 4 is 0 Å². The maximum atomic E-state index is 5.87. The fourth-order valence-electron chi connectivity index (χ4n) is 2.66. The van der Waals surface area contributed by atoms with Crippen LogP contribution in [0.25, 0.3) is 0 Å². The second-order valence-corrected chi connectivity index (χ2v) is 4.73. The zero-order valence-corrected chi connectivity index (χ0v) is 10.0. The van der Waals surface area contributed by atoms with Crippen LogP contribution in [0.3, 0.4) is 0 Å². The second-order valence-electron chi connectivity index (χ2n) is 4.73. The summed E-state index contributed by atoms with van der Waals surface area (Å²) in [6.45, 7) is 6.31. The highest BCUT2D eigenvalue weighted by Gasteiger charge is 2.26. The third kappa shape index (κ3) is 2.62. The highest BCUT2D eigenvalue weighted by atomic mass is 15.3. The molecular formula is C12H22N4. The van der Waals surface area contributed by atoms with Gasteiger partial charge in [-0.15, -0.1) is 0 Å². The summed E-state index contributed by atoms with van der Waals surface area (Å²) < 4.78 is 1.99. The van der Waals surface area contributed by atoms with Gasteiger partial charge < -0.3 is 5.73 Å². The van der Waals surface area contributed by atoms with Crippen LogP contribution >= 0.6 is 0 Å². The van der Waals surface area contributed by atoms with Crippen LogP contribution in [0.4, 0.5) is 0 Å². The van der Waals surface area contributed by atoms with E-state index in [0.717, 1.165) is 25.6 Å². The Morgan fingerprint density at radius 2 is 2.31 bits per heavy atom. The molecule has 4 heteroatoms. The van der Waals surface area contributed by atoms with Crippen molar-refractivity contribution in [3.63, 3.8) is 0 Å². The highest BCUT2D eigenvalue weighted by Crippen LogP contribution is 2.22. The van der Waals surface area contributed by atoms with Crippen LogP contribution in [-0.4, -0.2) is 40.4 Å². The van der Waals surface area contributed by atoms with E-state index in [1.807, 2.05) is 23.1 Å². The molecule has 0 spiro atoms. The summed E-state index contributed by atoms with van der Waals surface area (Å²) >= 11 is 0. The van der Waals surface area contributed by atoms with Gasteiger partial charge in [0.2, 0.25) is 0 Å². The van der Waals surface area contributed by atoms with Crippen molar-refractivity contribution in [2.45, 2.75) is 32.4 Å². The Hall–Kier alpha value is -0.870. The number of piperidine rings is 1. The van der Waals surface area contributed by atoms with E-state index in [0.29, 0.717) is 6.04 Å². The molecule has 2 heterocycles. The topological polar surface area (TPSA) is 47.1 Å². The SMILES string of the molecule is CC1CCCN(CCn2cccn2)C1CN. The van der Waals surface area contributed by atoms with Gasteiger partial charge in [0.05, 0.1) is 6.54 Å². The van der Waals surface area contributed by atoms with Crippen LogP contribution in [0.15, 0.2) is 18.5 Å². The van der Waals surface area contributed by atoms with Gasteiger partial charge >= 0.3 is 0 Å². The zero-order valence-electron chi connectivity index (χ0n) is 10.0. The lowest BCUT2D eigenvalue weighted by Gasteiger charge is -2.39. The largest absolute Gasteiger partial charge is 0.329 e. The maximum absolute atomic E-state index is 5.87. The fourth-order valence-corrected chi connectivity index (χ4v) is 2.66. The lowest BCUT2D eigenvalue weighted by atomic mass is 9.91. The molecule has 2 N–H and O–H groups in total. The van der Waals surface area contributed by atoms with E-state index in [-0.39, 0.29) is 0 Å². The predicted octanol–water partition coefficient (Wildman–Crippen LogP) is 0.942. The molecule has 0 amide bonds. The first-order valence-corrected chi connectivity index (χ1v) is 6.23. The molecule has 0 radical (unpaired) electrons. The molecule has 1 saturated heterocycles. The van der Waals surface area contributed by atoms with Gasteiger partial charge in [-0.2, -0.15) is 5.10 Å². The van der Waals surface area contributed by atoms with Crippen LogP contribution in [0.1, 0.15) is 19.8 Å². The van der Waals surface area contributed by atoms with Gasteiger partial charge in [-0.3, -0.25) is 9.58 Å². The van der Waals surface area contributed by atoms with Gasteiger partial charge in [0, 0.05) is 31.5 Å². The van der Waals surface area contributed by atoms with Crippen LogP contribution in [-0.2, 0) is 6.54 Å². The van der Waals surface area contributed by atoms with Gasteiger partial charge in [0.15, 0.2) is 0 Å². The number of nitrogens with two attached hydrogens (primary N) is 1. The number of nitrogens with zero attached hydrogens (tertiary/aromatic N) is 3. The fraction of sp³-hybridized carbons (Fsp3) is 0.750. The first kappa shape index (κ1) is 11.6.